The second kappa shape index (κ2) is 3.89. The molecule has 0 saturated heterocycles. The van der Waals surface area contributed by atoms with E-state index in [9.17, 15) is 0 Å². The fourth-order valence-electron chi connectivity index (χ4n) is 1.27. The van der Waals surface area contributed by atoms with E-state index in [1.807, 2.05) is 19.5 Å². The molecule has 74 valence electrons. The fourth-order valence-corrected chi connectivity index (χ4v) is 2.08. The SMILES string of the molecule is CNCc1ncoc1-c1scnc1C. The zero-order valence-electron chi connectivity index (χ0n) is 8.07. The lowest BCUT2D eigenvalue weighted by molar-refractivity contribution is 0.571. The number of aryl methyl sites for hydroxylation is 1. The summed E-state index contributed by atoms with van der Waals surface area (Å²) in [5.74, 6) is 0.833. The van der Waals surface area contributed by atoms with Crippen LogP contribution in [0.2, 0.25) is 0 Å². The van der Waals surface area contributed by atoms with E-state index in [0.717, 1.165) is 22.0 Å². The standard InChI is InChI=1S/C9H11N3OS/c1-6-9(14-5-12-6)8-7(3-10-2)11-4-13-8/h4-5,10H,3H2,1-2H3. The number of thiazole rings is 1. The minimum Gasteiger partial charge on any atom is -0.442 e. The third kappa shape index (κ3) is 1.56. The van der Waals surface area contributed by atoms with Gasteiger partial charge in [-0.25, -0.2) is 9.97 Å². The van der Waals surface area contributed by atoms with Gasteiger partial charge in [0.05, 0.1) is 16.1 Å². The van der Waals surface area contributed by atoms with Crippen LogP contribution in [-0.4, -0.2) is 17.0 Å². The quantitative estimate of drug-likeness (QED) is 0.837. The van der Waals surface area contributed by atoms with Crippen molar-refractivity contribution in [2.24, 2.45) is 0 Å². The van der Waals surface area contributed by atoms with Crippen LogP contribution in [0.15, 0.2) is 16.3 Å². The van der Waals surface area contributed by atoms with Gasteiger partial charge in [0.1, 0.15) is 5.69 Å². The molecule has 14 heavy (non-hydrogen) atoms. The van der Waals surface area contributed by atoms with Crippen LogP contribution < -0.4 is 5.32 Å². The predicted octanol–water partition coefficient (Wildman–Crippen LogP) is 1.83. The number of hydrogen-bond donors (Lipinski definition) is 1. The van der Waals surface area contributed by atoms with Gasteiger partial charge in [0, 0.05) is 6.54 Å². The number of aromatic nitrogens is 2. The summed E-state index contributed by atoms with van der Waals surface area (Å²) in [5, 5.41) is 3.05. The van der Waals surface area contributed by atoms with E-state index in [1.165, 1.54) is 6.39 Å². The average molecular weight is 209 g/mol. The van der Waals surface area contributed by atoms with Gasteiger partial charge in [0.15, 0.2) is 12.2 Å². The van der Waals surface area contributed by atoms with Gasteiger partial charge in [-0.05, 0) is 14.0 Å². The highest BCUT2D eigenvalue weighted by atomic mass is 32.1. The first-order valence-corrected chi connectivity index (χ1v) is 5.18. The van der Waals surface area contributed by atoms with Gasteiger partial charge < -0.3 is 9.73 Å². The lowest BCUT2D eigenvalue weighted by Gasteiger charge is -1.97. The highest BCUT2D eigenvalue weighted by Crippen LogP contribution is 2.29. The van der Waals surface area contributed by atoms with Gasteiger partial charge in [-0.15, -0.1) is 11.3 Å². The zero-order chi connectivity index (χ0) is 9.97. The summed E-state index contributed by atoms with van der Waals surface area (Å²) in [4.78, 5) is 9.40. The minimum atomic E-state index is 0.711. The Morgan fingerprint density at radius 1 is 1.50 bits per heavy atom. The number of nitrogens with one attached hydrogen (secondary N) is 1. The first kappa shape index (κ1) is 9.36. The summed E-state index contributed by atoms with van der Waals surface area (Å²) < 4.78 is 5.36. The van der Waals surface area contributed by atoms with Crippen LogP contribution in [0.25, 0.3) is 10.6 Å². The van der Waals surface area contributed by atoms with E-state index < -0.39 is 0 Å². The molecular formula is C9H11N3OS. The molecule has 0 aliphatic carbocycles. The Labute approximate surface area is 86.0 Å². The summed E-state index contributed by atoms with van der Waals surface area (Å²) in [7, 11) is 1.89. The molecule has 0 aromatic carbocycles. The van der Waals surface area contributed by atoms with Crippen molar-refractivity contribution in [2.45, 2.75) is 13.5 Å². The number of oxazole rings is 1. The average Bonchev–Trinajstić information content (AvgIpc) is 2.74. The molecule has 5 heteroatoms. The van der Waals surface area contributed by atoms with Gasteiger partial charge in [0.25, 0.3) is 0 Å². The molecule has 1 N–H and O–H groups in total. The third-order valence-electron chi connectivity index (χ3n) is 1.94. The summed E-state index contributed by atoms with van der Waals surface area (Å²) in [6, 6.07) is 0. The van der Waals surface area contributed by atoms with Crippen molar-refractivity contribution in [2.75, 3.05) is 7.05 Å². The molecule has 0 aliphatic heterocycles. The number of hydrogen-bond acceptors (Lipinski definition) is 5. The van der Waals surface area contributed by atoms with E-state index in [0.29, 0.717) is 6.54 Å². The molecule has 2 rings (SSSR count). The Hall–Kier alpha value is -1.20. The molecular weight excluding hydrogens is 198 g/mol. The Balaban J connectivity index is 2.41. The first-order chi connectivity index (χ1) is 6.83. The Morgan fingerprint density at radius 2 is 2.36 bits per heavy atom. The van der Waals surface area contributed by atoms with Crippen LogP contribution in [0, 0.1) is 6.92 Å². The number of rotatable bonds is 3. The van der Waals surface area contributed by atoms with Gasteiger partial charge in [-0.3, -0.25) is 0 Å². The van der Waals surface area contributed by atoms with Crippen molar-refractivity contribution >= 4 is 11.3 Å². The monoisotopic (exact) mass is 209 g/mol. The molecule has 2 aromatic rings. The molecule has 0 spiro atoms. The molecule has 4 nitrogen and oxygen atoms in total. The highest BCUT2D eigenvalue weighted by Gasteiger charge is 2.13. The maximum atomic E-state index is 5.36. The lowest BCUT2D eigenvalue weighted by atomic mass is 10.2. The van der Waals surface area contributed by atoms with Gasteiger partial charge >= 0.3 is 0 Å². The Morgan fingerprint density at radius 3 is 3.00 bits per heavy atom. The molecule has 2 heterocycles. The Bertz CT molecular complexity index is 421. The maximum Gasteiger partial charge on any atom is 0.181 e. The summed E-state index contributed by atoms with van der Waals surface area (Å²) in [6.45, 7) is 2.68. The predicted molar refractivity (Wildman–Crippen MR) is 55.1 cm³/mol. The van der Waals surface area contributed by atoms with Crippen molar-refractivity contribution in [1.29, 1.82) is 0 Å². The topological polar surface area (TPSA) is 51.0 Å². The van der Waals surface area contributed by atoms with Crippen molar-refractivity contribution in [3.8, 4) is 10.6 Å². The van der Waals surface area contributed by atoms with Gasteiger partial charge in [0.2, 0.25) is 0 Å². The van der Waals surface area contributed by atoms with Crippen LogP contribution in [0.3, 0.4) is 0 Å². The van der Waals surface area contributed by atoms with Crippen LogP contribution in [0.4, 0.5) is 0 Å². The minimum absolute atomic E-state index is 0.711. The van der Waals surface area contributed by atoms with Crippen LogP contribution >= 0.6 is 11.3 Å². The third-order valence-corrected chi connectivity index (χ3v) is 2.86. The van der Waals surface area contributed by atoms with E-state index in [-0.39, 0.29) is 0 Å². The molecule has 0 aliphatic rings. The summed E-state index contributed by atoms with van der Waals surface area (Å²) >= 11 is 1.57. The van der Waals surface area contributed by atoms with Crippen LogP contribution in [-0.2, 0) is 6.54 Å². The Kier molecular flexibility index (Phi) is 2.60. The molecule has 0 unspecified atom stereocenters. The smallest absolute Gasteiger partial charge is 0.181 e. The second-order valence-electron chi connectivity index (χ2n) is 2.93. The van der Waals surface area contributed by atoms with E-state index in [2.05, 4.69) is 15.3 Å². The molecule has 0 radical (unpaired) electrons. The van der Waals surface area contributed by atoms with Crippen molar-refractivity contribution in [3.63, 3.8) is 0 Å². The van der Waals surface area contributed by atoms with Crippen LogP contribution in [0.1, 0.15) is 11.4 Å². The van der Waals surface area contributed by atoms with Gasteiger partial charge in [-0.2, -0.15) is 0 Å². The molecule has 0 saturated carbocycles. The summed E-state index contributed by atoms with van der Waals surface area (Å²) in [6.07, 6.45) is 1.47. The summed E-state index contributed by atoms with van der Waals surface area (Å²) in [5.41, 5.74) is 3.74. The normalized spacial score (nSPS) is 10.7. The second-order valence-corrected chi connectivity index (χ2v) is 3.78. The molecule has 0 fully saturated rings. The fraction of sp³-hybridized carbons (Fsp3) is 0.333. The van der Waals surface area contributed by atoms with Crippen molar-refractivity contribution in [1.82, 2.24) is 15.3 Å². The largest absolute Gasteiger partial charge is 0.442 e. The van der Waals surface area contributed by atoms with Crippen molar-refractivity contribution in [3.05, 3.63) is 23.3 Å². The molecule has 0 atom stereocenters. The van der Waals surface area contributed by atoms with E-state index >= 15 is 0 Å². The maximum absolute atomic E-state index is 5.36. The molecule has 0 bridgehead atoms. The first-order valence-electron chi connectivity index (χ1n) is 4.30. The molecule has 2 aromatic heterocycles. The van der Waals surface area contributed by atoms with Crippen molar-refractivity contribution < 1.29 is 4.42 Å². The van der Waals surface area contributed by atoms with E-state index in [4.69, 9.17) is 4.42 Å². The van der Waals surface area contributed by atoms with Crippen LogP contribution in [0.5, 0.6) is 0 Å². The zero-order valence-corrected chi connectivity index (χ0v) is 8.89. The van der Waals surface area contributed by atoms with Gasteiger partial charge in [-0.1, -0.05) is 0 Å². The molecule has 0 amide bonds. The number of nitrogens with zero attached hydrogens (tertiary/aromatic N) is 2. The highest BCUT2D eigenvalue weighted by molar-refractivity contribution is 7.13. The lowest BCUT2D eigenvalue weighted by Crippen LogP contribution is -2.06. The van der Waals surface area contributed by atoms with E-state index in [1.54, 1.807) is 11.3 Å².